The van der Waals surface area contributed by atoms with Gasteiger partial charge in [0.25, 0.3) is 11.6 Å². The molecule has 0 unspecified atom stereocenters. The second-order valence-corrected chi connectivity index (χ2v) is 5.24. The number of aryl methyl sites for hydroxylation is 1. The van der Waals surface area contributed by atoms with Crippen LogP contribution in [0.4, 0.5) is 0 Å². The topological polar surface area (TPSA) is 94.3 Å². The highest BCUT2D eigenvalue weighted by molar-refractivity contribution is 6.06. The van der Waals surface area contributed by atoms with Crippen molar-refractivity contribution in [1.82, 2.24) is 15.5 Å². The molecule has 0 aliphatic carbocycles. The molecule has 0 fully saturated rings. The first kappa shape index (κ1) is 14.3. The van der Waals surface area contributed by atoms with Crippen LogP contribution in [0.5, 0.6) is 0 Å². The molecule has 1 N–H and O–H groups in total. The molecule has 0 atom stereocenters. The standard InChI is InChI=1S/C17H13N3O4/c1-10-15-12(16(21)18-9-11-4-2-6-22-11)8-13(14-5-3-7-23-14)19-17(15)24-20-10/h2-8H,9H2,1H3,(H,18,21). The van der Waals surface area contributed by atoms with Crippen LogP contribution >= 0.6 is 0 Å². The van der Waals surface area contributed by atoms with Gasteiger partial charge in [-0.25, -0.2) is 4.98 Å². The van der Waals surface area contributed by atoms with Crippen molar-refractivity contribution in [3.05, 3.63) is 59.9 Å². The summed E-state index contributed by atoms with van der Waals surface area (Å²) in [6.45, 7) is 2.06. The minimum atomic E-state index is -0.266. The Hall–Kier alpha value is -3.35. The quantitative estimate of drug-likeness (QED) is 0.619. The van der Waals surface area contributed by atoms with Gasteiger partial charge in [0.2, 0.25) is 0 Å². The number of aromatic nitrogens is 2. The first-order chi connectivity index (χ1) is 11.7. The van der Waals surface area contributed by atoms with Crippen molar-refractivity contribution in [3.8, 4) is 11.5 Å². The third-order valence-corrected chi connectivity index (χ3v) is 3.64. The number of fused-ring (bicyclic) bond motifs is 1. The Labute approximate surface area is 136 Å². The molecule has 0 spiro atoms. The lowest BCUT2D eigenvalue weighted by molar-refractivity contribution is 0.0949. The normalized spacial score (nSPS) is 11.0. The van der Waals surface area contributed by atoms with E-state index in [1.54, 1.807) is 49.8 Å². The van der Waals surface area contributed by atoms with E-state index in [0.717, 1.165) is 0 Å². The van der Waals surface area contributed by atoms with Crippen LogP contribution < -0.4 is 5.32 Å². The summed E-state index contributed by atoms with van der Waals surface area (Å²) in [5.74, 6) is 0.950. The average molecular weight is 323 g/mol. The van der Waals surface area contributed by atoms with Crippen LogP contribution in [0.1, 0.15) is 21.8 Å². The van der Waals surface area contributed by atoms with Crippen molar-refractivity contribution in [2.75, 3.05) is 0 Å². The number of amides is 1. The molecule has 120 valence electrons. The molecular weight excluding hydrogens is 310 g/mol. The van der Waals surface area contributed by atoms with Crippen molar-refractivity contribution in [1.29, 1.82) is 0 Å². The number of nitrogens with zero attached hydrogens (tertiary/aromatic N) is 2. The first-order valence-electron chi connectivity index (χ1n) is 7.34. The van der Waals surface area contributed by atoms with Crippen LogP contribution in [0.15, 0.2) is 56.2 Å². The van der Waals surface area contributed by atoms with E-state index in [1.807, 2.05) is 0 Å². The third-order valence-electron chi connectivity index (χ3n) is 3.64. The fourth-order valence-corrected chi connectivity index (χ4v) is 2.50. The lowest BCUT2D eigenvalue weighted by Crippen LogP contribution is -2.23. The molecule has 0 saturated heterocycles. The van der Waals surface area contributed by atoms with E-state index in [2.05, 4.69) is 15.5 Å². The van der Waals surface area contributed by atoms with Gasteiger partial charge in [-0.15, -0.1) is 0 Å². The molecule has 0 radical (unpaired) electrons. The van der Waals surface area contributed by atoms with E-state index in [-0.39, 0.29) is 12.5 Å². The van der Waals surface area contributed by atoms with Crippen LogP contribution in [0.25, 0.3) is 22.6 Å². The van der Waals surface area contributed by atoms with E-state index >= 15 is 0 Å². The molecule has 0 bridgehead atoms. The Balaban J connectivity index is 1.74. The Morgan fingerprint density at radius 3 is 2.79 bits per heavy atom. The summed E-state index contributed by atoms with van der Waals surface area (Å²) >= 11 is 0. The second kappa shape index (κ2) is 5.69. The minimum Gasteiger partial charge on any atom is -0.467 e. The van der Waals surface area contributed by atoms with Crippen LogP contribution in [0, 0.1) is 6.92 Å². The minimum absolute atomic E-state index is 0.266. The molecule has 7 heteroatoms. The monoisotopic (exact) mass is 323 g/mol. The summed E-state index contributed by atoms with van der Waals surface area (Å²) in [7, 11) is 0. The van der Waals surface area contributed by atoms with Gasteiger partial charge >= 0.3 is 0 Å². The number of furan rings is 2. The fourth-order valence-electron chi connectivity index (χ4n) is 2.50. The van der Waals surface area contributed by atoms with Gasteiger partial charge in [0.05, 0.1) is 35.7 Å². The second-order valence-electron chi connectivity index (χ2n) is 5.24. The van der Waals surface area contributed by atoms with E-state index in [9.17, 15) is 4.79 Å². The van der Waals surface area contributed by atoms with Gasteiger partial charge in [0.1, 0.15) is 11.5 Å². The summed E-state index contributed by atoms with van der Waals surface area (Å²) < 4.78 is 15.8. The van der Waals surface area contributed by atoms with E-state index in [1.165, 1.54) is 0 Å². The predicted octanol–water partition coefficient (Wildman–Crippen LogP) is 3.31. The lowest BCUT2D eigenvalue weighted by atomic mass is 10.1. The Kier molecular flexibility index (Phi) is 3.38. The Morgan fingerprint density at radius 1 is 1.21 bits per heavy atom. The molecule has 4 rings (SSSR count). The maximum absolute atomic E-state index is 12.6. The predicted molar refractivity (Wildman–Crippen MR) is 84.1 cm³/mol. The van der Waals surface area contributed by atoms with Gasteiger partial charge < -0.3 is 18.7 Å². The zero-order valence-corrected chi connectivity index (χ0v) is 12.8. The summed E-state index contributed by atoms with van der Waals surface area (Å²) in [5.41, 5.74) is 1.83. The molecule has 0 saturated carbocycles. The van der Waals surface area contributed by atoms with Crippen molar-refractivity contribution in [3.63, 3.8) is 0 Å². The maximum Gasteiger partial charge on any atom is 0.259 e. The van der Waals surface area contributed by atoms with Gasteiger partial charge in [-0.3, -0.25) is 4.79 Å². The van der Waals surface area contributed by atoms with Crippen LogP contribution in [0.2, 0.25) is 0 Å². The summed E-state index contributed by atoms with van der Waals surface area (Å²) in [6.07, 6.45) is 3.11. The highest BCUT2D eigenvalue weighted by atomic mass is 16.5. The number of hydrogen-bond acceptors (Lipinski definition) is 6. The lowest BCUT2D eigenvalue weighted by Gasteiger charge is -2.06. The highest BCUT2D eigenvalue weighted by Gasteiger charge is 2.20. The van der Waals surface area contributed by atoms with Crippen molar-refractivity contribution in [2.45, 2.75) is 13.5 Å². The summed E-state index contributed by atoms with van der Waals surface area (Å²) in [4.78, 5) is 17.0. The fraction of sp³-hybridized carbons (Fsp3) is 0.118. The maximum atomic E-state index is 12.6. The average Bonchev–Trinajstić information content (AvgIpc) is 3.34. The largest absolute Gasteiger partial charge is 0.467 e. The molecule has 1 amide bonds. The number of carbonyl (C=O) groups is 1. The first-order valence-corrected chi connectivity index (χ1v) is 7.34. The number of nitrogens with one attached hydrogen (secondary N) is 1. The van der Waals surface area contributed by atoms with Crippen molar-refractivity contribution < 1.29 is 18.2 Å². The molecule has 0 aromatic carbocycles. The number of carbonyl (C=O) groups excluding carboxylic acids is 1. The van der Waals surface area contributed by atoms with Gasteiger partial charge in [-0.05, 0) is 37.3 Å². The van der Waals surface area contributed by atoms with Gasteiger partial charge in [0.15, 0.2) is 5.76 Å². The van der Waals surface area contributed by atoms with Crippen LogP contribution in [-0.2, 0) is 6.54 Å². The SMILES string of the molecule is Cc1noc2nc(-c3ccco3)cc(C(=O)NCc3ccco3)c12. The summed E-state index contributed by atoms with van der Waals surface area (Å²) in [5, 5.41) is 7.31. The van der Waals surface area contributed by atoms with E-state index in [4.69, 9.17) is 13.4 Å². The molecular formula is C17H13N3O4. The van der Waals surface area contributed by atoms with E-state index < -0.39 is 0 Å². The molecule has 0 aliphatic heterocycles. The number of rotatable bonds is 4. The molecule has 4 heterocycles. The molecule has 4 aromatic rings. The van der Waals surface area contributed by atoms with Crippen molar-refractivity contribution in [2.24, 2.45) is 0 Å². The van der Waals surface area contributed by atoms with Gasteiger partial charge in [0, 0.05) is 0 Å². The molecule has 4 aromatic heterocycles. The molecule has 0 aliphatic rings. The molecule has 7 nitrogen and oxygen atoms in total. The van der Waals surface area contributed by atoms with E-state index in [0.29, 0.717) is 39.6 Å². The van der Waals surface area contributed by atoms with Crippen LogP contribution in [-0.4, -0.2) is 16.0 Å². The smallest absolute Gasteiger partial charge is 0.259 e. The Bertz CT molecular complexity index is 985. The Morgan fingerprint density at radius 2 is 2.04 bits per heavy atom. The number of hydrogen-bond donors (Lipinski definition) is 1. The van der Waals surface area contributed by atoms with Crippen molar-refractivity contribution >= 4 is 17.0 Å². The van der Waals surface area contributed by atoms with Crippen LogP contribution in [0.3, 0.4) is 0 Å². The summed E-state index contributed by atoms with van der Waals surface area (Å²) in [6, 6.07) is 8.75. The van der Waals surface area contributed by atoms with Gasteiger partial charge in [-0.2, -0.15) is 0 Å². The number of pyridine rings is 1. The molecule has 24 heavy (non-hydrogen) atoms. The zero-order chi connectivity index (χ0) is 16.5. The van der Waals surface area contributed by atoms with Gasteiger partial charge in [-0.1, -0.05) is 5.16 Å². The zero-order valence-electron chi connectivity index (χ0n) is 12.8. The highest BCUT2D eigenvalue weighted by Crippen LogP contribution is 2.27. The third kappa shape index (κ3) is 2.45.